The van der Waals surface area contributed by atoms with Crippen LogP contribution in [0.25, 0.3) is 0 Å². The van der Waals surface area contributed by atoms with Gasteiger partial charge in [-0.1, -0.05) is 6.92 Å². The highest BCUT2D eigenvalue weighted by Crippen LogP contribution is 2.22. The maximum Gasteiger partial charge on any atom is 0.226 e. The van der Waals surface area contributed by atoms with Crippen molar-refractivity contribution in [2.45, 2.75) is 31.3 Å². The van der Waals surface area contributed by atoms with Gasteiger partial charge < -0.3 is 10.0 Å². The Bertz CT molecular complexity index is 442. The molecule has 1 aromatic carbocycles. The van der Waals surface area contributed by atoms with E-state index in [1.807, 2.05) is 6.92 Å². The maximum atomic E-state index is 12.8. The van der Waals surface area contributed by atoms with E-state index in [1.54, 1.807) is 37.9 Å². The summed E-state index contributed by atoms with van der Waals surface area (Å²) in [5.74, 6) is 0.211. The van der Waals surface area contributed by atoms with Gasteiger partial charge in [0.25, 0.3) is 0 Å². The molecule has 5 heteroatoms. The Balaban J connectivity index is 2.47. The minimum Gasteiger partial charge on any atom is -0.389 e. The molecular formula is C15H22FNO2S. The van der Waals surface area contributed by atoms with Gasteiger partial charge in [0, 0.05) is 30.2 Å². The highest BCUT2D eigenvalue weighted by Gasteiger charge is 2.23. The molecule has 0 bridgehead atoms. The molecule has 0 radical (unpaired) electrons. The predicted octanol–water partition coefficient (Wildman–Crippen LogP) is 2.78. The lowest BCUT2D eigenvalue weighted by molar-refractivity contribution is -0.135. The molecule has 1 atom stereocenters. The van der Waals surface area contributed by atoms with Crippen LogP contribution in [0.2, 0.25) is 0 Å². The van der Waals surface area contributed by atoms with E-state index >= 15 is 0 Å². The molecule has 0 aliphatic carbocycles. The third-order valence-corrected chi connectivity index (χ3v) is 4.01. The van der Waals surface area contributed by atoms with Crippen molar-refractivity contribution in [2.24, 2.45) is 5.92 Å². The van der Waals surface area contributed by atoms with Gasteiger partial charge in [-0.25, -0.2) is 4.39 Å². The molecule has 0 heterocycles. The molecule has 112 valence electrons. The van der Waals surface area contributed by atoms with E-state index in [1.165, 1.54) is 23.9 Å². The molecule has 1 N–H and O–H groups in total. The Labute approximate surface area is 124 Å². The summed E-state index contributed by atoms with van der Waals surface area (Å²) in [6.07, 6.45) is 0. The zero-order valence-corrected chi connectivity index (χ0v) is 13.2. The Hall–Kier alpha value is -1.07. The van der Waals surface area contributed by atoms with Gasteiger partial charge in [-0.05, 0) is 38.1 Å². The molecule has 0 aliphatic heterocycles. The zero-order valence-electron chi connectivity index (χ0n) is 12.4. The molecule has 20 heavy (non-hydrogen) atoms. The Kier molecular flexibility index (Phi) is 6.02. The van der Waals surface area contributed by atoms with Crippen molar-refractivity contribution in [3.05, 3.63) is 30.1 Å². The fraction of sp³-hybridized carbons (Fsp3) is 0.533. The molecule has 1 unspecified atom stereocenters. The van der Waals surface area contributed by atoms with E-state index in [4.69, 9.17) is 0 Å². The number of aliphatic hydroxyl groups is 1. The minimum atomic E-state index is -0.895. The summed E-state index contributed by atoms with van der Waals surface area (Å²) in [6.45, 7) is 5.51. The van der Waals surface area contributed by atoms with Crippen LogP contribution in [0.15, 0.2) is 29.2 Å². The Morgan fingerprint density at radius 2 is 1.95 bits per heavy atom. The minimum absolute atomic E-state index is 0.00161. The van der Waals surface area contributed by atoms with Gasteiger partial charge >= 0.3 is 0 Å². The molecule has 1 rings (SSSR count). The molecule has 0 fully saturated rings. The van der Waals surface area contributed by atoms with E-state index in [2.05, 4.69) is 0 Å². The second kappa shape index (κ2) is 7.09. The number of rotatable bonds is 6. The van der Waals surface area contributed by atoms with Crippen LogP contribution in [0, 0.1) is 11.7 Å². The molecule has 0 saturated carbocycles. The Morgan fingerprint density at radius 3 is 2.45 bits per heavy atom. The first-order valence-corrected chi connectivity index (χ1v) is 7.53. The summed E-state index contributed by atoms with van der Waals surface area (Å²) in [4.78, 5) is 14.6. The lowest BCUT2D eigenvalue weighted by Crippen LogP contribution is -2.42. The molecular weight excluding hydrogens is 277 g/mol. The van der Waals surface area contributed by atoms with Gasteiger partial charge in [0.2, 0.25) is 5.91 Å². The summed E-state index contributed by atoms with van der Waals surface area (Å²) in [5, 5.41) is 9.72. The van der Waals surface area contributed by atoms with Crippen molar-refractivity contribution in [3.63, 3.8) is 0 Å². The van der Waals surface area contributed by atoms with Crippen LogP contribution in [0.1, 0.15) is 20.8 Å². The lowest BCUT2D eigenvalue weighted by Gasteiger charge is -2.27. The lowest BCUT2D eigenvalue weighted by atomic mass is 10.1. The highest BCUT2D eigenvalue weighted by molar-refractivity contribution is 7.99. The van der Waals surface area contributed by atoms with Crippen molar-refractivity contribution in [3.8, 4) is 0 Å². The summed E-state index contributed by atoms with van der Waals surface area (Å²) in [7, 11) is 1.69. The summed E-state index contributed by atoms with van der Waals surface area (Å²) >= 11 is 1.52. The number of likely N-dealkylation sites (N-methyl/N-ethyl adjacent to an activating group) is 1. The van der Waals surface area contributed by atoms with Gasteiger partial charge in [-0.15, -0.1) is 11.8 Å². The number of amides is 1. The van der Waals surface area contributed by atoms with Gasteiger partial charge in [0.05, 0.1) is 5.60 Å². The molecule has 0 aliphatic rings. The van der Waals surface area contributed by atoms with Crippen LogP contribution in [-0.4, -0.2) is 40.9 Å². The normalized spacial score (nSPS) is 13.1. The number of carbonyl (C=O) groups is 1. The number of benzene rings is 1. The van der Waals surface area contributed by atoms with Crippen LogP contribution in [0.3, 0.4) is 0 Å². The highest BCUT2D eigenvalue weighted by atomic mass is 32.2. The fourth-order valence-corrected chi connectivity index (χ4v) is 2.77. The van der Waals surface area contributed by atoms with Gasteiger partial charge in [0.15, 0.2) is 0 Å². The smallest absolute Gasteiger partial charge is 0.226 e. The number of hydrogen-bond donors (Lipinski definition) is 1. The predicted molar refractivity (Wildman–Crippen MR) is 80.2 cm³/mol. The van der Waals surface area contributed by atoms with E-state index in [-0.39, 0.29) is 17.6 Å². The van der Waals surface area contributed by atoms with Crippen molar-refractivity contribution in [1.82, 2.24) is 4.90 Å². The first kappa shape index (κ1) is 17.0. The van der Waals surface area contributed by atoms with E-state index < -0.39 is 5.60 Å². The summed E-state index contributed by atoms with van der Waals surface area (Å²) < 4.78 is 12.8. The second-order valence-corrected chi connectivity index (χ2v) is 6.77. The molecule has 1 amide bonds. The topological polar surface area (TPSA) is 40.5 Å². The number of carbonyl (C=O) groups excluding carboxylic acids is 1. The van der Waals surface area contributed by atoms with Crippen LogP contribution in [0.5, 0.6) is 0 Å². The molecule has 0 spiro atoms. The average molecular weight is 299 g/mol. The standard InChI is InChI=1S/C15H22FNO2S/c1-11(14(18)17(4)10-15(2,3)19)9-20-13-7-5-12(16)6-8-13/h5-8,11,19H,9-10H2,1-4H3. The van der Waals surface area contributed by atoms with Crippen molar-refractivity contribution >= 4 is 17.7 Å². The third-order valence-electron chi connectivity index (χ3n) is 2.74. The van der Waals surface area contributed by atoms with Gasteiger partial charge in [-0.3, -0.25) is 4.79 Å². The third kappa shape index (κ3) is 5.92. The van der Waals surface area contributed by atoms with Crippen LogP contribution < -0.4 is 0 Å². The van der Waals surface area contributed by atoms with E-state index in [9.17, 15) is 14.3 Å². The van der Waals surface area contributed by atoms with E-state index in [0.717, 1.165) is 4.90 Å². The van der Waals surface area contributed by atoms with Gasteiger partial charge in [-0.2, -0.15) is 0 Å². The average Bonchev–Trinajstić information content (AvgIpc) is 2.34. The SMILES string of the molecule is CC(CSc1ccc(F)cc1)C(=O)N(C)CC(C)(C)O. The van der Waals surface area contributed by atoms with Gasteiger partial charge in [0.1, 0.15) is 5.82 Å². The first-order valence-electron chi connectivity index (χ1n) is 6.55. The first-order chi connectivity index (χ1) is 9.19. The molecule has 0 aromatic heterocycles. The number of halogens is 1. The molecule has 3 nitrogen and oxygen atoms in total. The summed E-state index contributed by atoms with van der Waals surface area (Å²) in [5.41, 5.74) is -0.895. The van der Waals surface area contributed by atoms with Crippen LogP contribution >= 0.6 is 11.8 Å². The second-order valence-electron chi connectivity index (χ2n) is 5.67. The van der Waals surface area contributed by atoms with Crippen LogP contribution in [0.4, 0.5) is 4.39 Å². The summed E-state index contributed by atoms with van der Waals surface area (Å²) in [6, 6.07) is 6.24. The van der Waals surface area contributed by atoms with Crippen molar-refractivity contribution in [1.29, 1.82) is 0 Å². The monoisotopic (exact) mass is 299 g/mol. The number of thioether (sulfide) groups is 1. The van der Waals surface area contributed by atoms with Crippen LogP contribution in [-0.2, 0) is 4.79 Å². The quantitative estimate of drug-likeness (QED) is 0.821. The van der Waals surface area contributed by atoms with Crippen molar-refractivity contribution in [2.75, 3.05) is 19.3 Å². The number of nitrogens with zero attached hydrogens (tertiary/aromatic N) is 1. The zero-order chi connectivity index (χ0) is 15.3. The molecule has 0 saturated heterocycles. The number of hydrogen-bond acceptors (Lipinski definition) is 3. The largest absolute Gasteiger partial charge is 0.389 e. The Morgan fingerprint density at radius 1 is 1.40 bits per heavy atom. The maximum absolute atomic E-state index is 12.8. The fourth-order valence-electron chi connectivity index (χ4n) is 1.86. The van der Waals surface area contributed by atoms with Crippen molar-refractivity contribution < 1.29 is 14.3 Å². The van der Waals surface area contributed by atoms with E-state index in [0.29, 0.717) is 12.3 Å². The molecule has 1 aromatic rings.